The maximum atomic E-state index is 14.0. The summed E-state index contributed by atoms with van der Waals surface area (Å²) in [6, 6.07) is 10.5. The molecule has 1 aromatic carbocycles. The van der Waals surface area contributed by atoms with E-state index >= 15 is 0 Å². The summed E-state index contributed by atoms with van der Waals surface area (Å²) in [4.78, 5) is 16.2. The summed E-state index contributed by atoms with van der Waals surface area (Å²) in [6.07, 6.45) is 7.10. The van der Waals surface area contributed by atoms with Crippen LogP contribution in [0.15, 0.2) is 30.3 Å². The normalized spacial score (nSPS) is 41.2. The molecular formula is C22H30N2O2. The van der Waals surface area contributed by atoms with Crippen LogP contribution in [-0.4, -0.2) is 36.2 Å². The molecule has 1 aromatic rings. The summed E-state index contributed by atoms with van der Waals surface area (Å²) in [5, 5.41) is 14.1. The first-order chi connectivity index (χ1) is 12.7. The Bertz CT molecular complexity index is 654. The number of hydrogen-bond donors (Lipinski definition) is 2. The predicted octanol–water partition coefficient (Wildman–Crippen LogP) is 2.96. The molecule has 4 nitrogen and oxygen atoms in total. The predicted molar refractivity (Wildman–Crippen MR) is 102 cm³/mol. The highest BCUT2D eigenvalue weighted by Crippen LogP contribution is 2.60. The lowest BCUT2D eigenvalue weighted by Crippen LogP contribution is -2.61. The minimum absolute atomic E-state index is 0.172. The minimum atomic E-state index is -0.233. The average Bonchev–Trinajstić information content (AvgIpc) is 2.67. The number of para-hydroxylation sites is 1. The van der Waals surface area contributed by atoms with Gasteiger partial charge in [0.1, 0.15) is 0 Å². The van der Waals surface area contributed by atoms with Crippen molar-refractivity contribution in [2.45, 2.75) is 57.1 Å². The van der Waals surface area contributed by atoms with Gasteiger partial charge in [0.05, 0.1) is 11.5 Å². The highest BCUT2D eigenvalue weighted by atomic mass is 16.3. The standard InChI is InChI=1S/C22H30N2O2/c25-20-16-9-15-10-17(20)13-22(11-15,12-16)21(26)24(18-5-2-1-3-6-18)19-7-4-8-23-14-19/h1-3,5-6,15-17,19-20,23,25H,4,7-14H2. The van der Waals surface area contributed by atoms with Crippen molar-refractivity contribution in [3.05, 3.63) is 30.3 Å². The van der Waals surface area contributed by atoms with Gasteiger partial charge in [-0.05, 0) is 81.4 Å². The van der Waals surface area contributed by atoms with E-state index in [1.54, 1.807) is 0 Å². The fraction of sp³-hybridized carbons (Fsp3) is 0.682. The zero-order chi connectivity index (χ0) is 17.7. The Morgan fingerprint density at radius 2 is 1.85 bits per heavy atom. The second kappa shape index (κ2) is 6.35. The van der Waals surface area contributed by atoms with Gasteiger partial charge < -0.3 is 15.3 Å². The van der Waals surface area contributed by atoms with Crippen LogP contribution in [0.2, 0.25) is 0 Å². The third kappa shape index (κ3) is 2.61. The van der Waals surface area contributed by atoms with Crippen molar-refractivity contribution in [2.24, 2.45) is 23.2 Å². The quantitative estimate of drug-likeness (QED) is 0.877. The van der Waals surface area contributed by atoms with Crippen LogP contribution in [0.3, 0.4) is 0 Å². The van der Waals surface area contributed by atoms with Crippen LogP contribution >= 0.6 is 0 Å². The van der Waals surface area contributed by atoms with Crippen molar-refractivity contribution >= 4 is 11.6 Å². The van der Waals surface area contributed by atoms with Crippen molar-refractivity contribution < 1.29 is 9.90 Å². The molecule has 0 aromatic heterocycles. The smallest absolute Gasteiger partial charge is 0.233 e. The highest BCUT2D eigenvalue weighted by molar-refractivity contribution is 5.98. The van der Waals surface area contributed by atoms with Gasteiger partial charge in [0.15, 0.2) is 0 Å². The third-order valence-electron chi connectivity index (χ3n) is 7.57. The largest absolute Gasteiger partial charge is 0.393 e. The van der Waals surface area contributed by atoms with E-state index in [0.29, 0.717) is 23.7 Å². The number of carbonyl (C=O) groups excluding carboxylic acids is 1. The van der Waals surface area contributed by atoms with Crippen molar-refractivity contribution in [1.82, 2.24) is 5.32 Å². The molecule has 4 heteroatoms. The van der Waals surface area contributed by atoms with Crippen molar-refractivity contribution in [2.75, 3.05) is 18.0 Å². The lowest BCUT2D eigenvalue weighted by molar-refractivity contribution is -0.161. The summed E-state index contributed by atoms with van der Waals surface area (Å²) in [7, 11) is 0. The summed E-state index contributed by atoms with van der Waals surface area (Å²) in [5.74, 6) is 1.66. The number of piperidine rings is 1. The molecule has 26 heavy (non-hydrogen) atoms. The van der Waals surface area contributed by atoms with Gasteiger partial charge in [0, 0.05) is 18.3 Å². The lowest BCUT2D eigenvalue weighted by atomic mass is 9.48. The molecule has 1 saturated heterocycles. The van der Waals surface area contributed by atoms with Gasteiger partial charge in [-0.15, -0.1) is 0 Å². The van der Waals surface area contributed by atoms with Crippen LogP contribution in [0.4, 0.5) is 5.69 Å². The molecule has 3 atom stereocenters. The molecule has 4 aliphatic carbocycles. The van der Waals surface area contributed by atoms with Gasteiger partial charge in [-0.1, -0.05) is 18.2 Å². The molecule has 4 saturated carbocycles. The number of anilines is 1. The molecule has 0 radical (unpaired) electrons. The Morgan fingerprint density at radius 3 is 2.50 bits per heavy atom. The van der Waals surface area contributed by atoms with Crippen molar-refractivity contribution in [1.29, 1.82) is 0 Å². The Kier molecular flexibility index (Phi) is 4.09. The summed E-state index contributed by atoms with van der Waals surface area (Å²) < 4.78 is 0. The number of amides is 1. The highest BCUT2D eigenvalue weighted by Gasteiger charge is 2.59. The van der Waals surface area contributed by atoms with Gasteiger partial charge in [-0.25, -0.2) is 0 Å². The number of rotatable bonds is 3. The number of hydrogen-bond acceptors (Lipinski definition) is 3. The molecule has 1 amide bonds. The van der Waals surface area contributed by atoms with Crippen molar-refractivity contribution in [3.8, 4) is 0 Å². The molecule has 1 heterocycles. The van der Waals surface area contributed by atoms with Crippen LogP contribution in [0.1, 0.15) is 44.9 Å². The van der Waals surface area contributed by atoms with Gasteiger partial charge in [-0.2, -0.15) is 0 Å². The molecule has 3 unspecified atom stereocenters. The number of carbonyl (C=O) groups is 1. The van der Waals surface area contributed by atoms with Gasteiger partial charge in [0.25, 0.3) is 0 Å². The summed E-state index contributed by atoms with van der Waals surface area (Å²) in [5.41, 5.74) is 0.811. The Hall–Kier alpha value is -1.39. The first kappa shape index (κ1) is 16.8. The molecule has 6 rings (SSSR count). The number of benzene rings is 1. The second-order valence-corrected chi connectivity index (χ2v) is 9.25. The molecule has 0 spiro atoms. The van der Waals surface area contributed by atoms with Gasteiger partial charge in [0.2, 0.25) is 5.91 Å². The van der Waals surface area contributed by atoms with Crippen LogP contribution in [-0.2, 0) is 4.79 Å². The molecule has 140 valence electrons. The number of nitrogens with zero attached hydrogens (tertiary/aromatic N) is 1. The summed E-state index contributed by atoms with van der Waals surface area (Å²) >= 11 is 0. The average molecular weight is 354 g/mol. The number of nitrogens with one attached hydrogen (secondary N) is 1. The van der Waals surface area contributed by atoms with E-state index in [1.807, 2.05) is 18.2 Å². The van der Waals surface area contributed by atoms with E-state index in [-0.39, 0.29) is 17.6 Å². The van der Waals surface area contributed by atoms with Crippen LogP contribution in [0, 0.1) is 23.2 Å². The first-order valence-electron chi connectivity index (χ1n) is 10.4. The van der Waals surface area contributed by atoms with E-state index < -0.39 is 0 Å². The SMILES string of the molecule is O=C(N(c1ccccc1)C1CCCNC1)C12CC3CC(C1)C(O)C(C3)C2. The second-order valence-electron chi connectivity index (χ2n) is 9.25. The fourth-order valence-electron chi connectivity index (χ4n) is 6.65. The maximum absolute atomic E-state index is 14.0. The van der Waals surface area contributed by atoms with Crippen LogP contribution < -0.4 is 10.2 Å². The van der Waals surface area contributed by atoms with Crippen LogP contribution in [0.25, 0.3) is 0 Å². The number of aliphatic hydroxyl groups excluding tert-OH is 1. The lowest BCUT2D eigenvalue weighted by Gasteiger charge is -2.59. The van der Waals surface area contributed by atoms with Gasteiger partial charge in [-0.3, -0.25) is 4.79 Å². The molecule has 1 aliphatic heterocycles. The van der Waals surface area contributed by atoms with E-state index in [9.17, 15) is 9.90 Å². The maximum Gasteiger partial charge on any atom is 0.233 e. The Balaban J connectivity index is 1.49. The zero-order valence-electron chi connectivity index (χ0n) is 15.4. The van der Waals surface area contributed by atoms with Crippen molar-refractivity contribution in [3.63, 3.8) is 0 Å². The first-order valence-corrected chi connectivity index (χ1v) is 10.4. The van der Waals surface area contributed by atoms with E-state index in [1.165, 1.54) is 0 Å². The molecule has 4 bridgehead atoms. The van der Waals surface area contributed by atoms with E-state index in [4.69, 9.17) is 0 Å². The molecule has 5 fully saturated rings. The Morgan fingerprint density at radius 1 is 1.12 bits per heavy atom. The molecular weight excluding hydrogens is 324 g/mol. The molecule has 2 N–H and O–H groups in total. The van der Waals surface area contributed by atoms with E-state index in [0.717, 1.165) is 63.7 Å². The monoisotopic (exact) mass is 354 g/mol. The van der Waals surface area contributed by atoms with Crippen LogP contribution in [0.5, 0.6) is 0 Å². The van der Waals surface area contributed by atoms with E-state index in [2.05, 4.69) is 22.3 Å². The number of aliphatic hydroxyl groups is 1. The minimum Gasteiger partial charge on any atom is -0.393 e. The third-order valence-corrected chi connectivity index (χ3v) is 7.57. The molecule has 5 aliphatic rings. The zero-order valence-corrected chi connectivity index (χ0v) is 15.4. The topological polar surface area (TPSA) is 52.6 Å². The summed E-state index contributed by atoms with van der Waals surface area (Å²) in [6.45, 7) is 1.94. The Labute approximate surface area is 156 Å². The van der Waals surface area contributed by atoms with Gasteiger partial charge >= 0.3 is 0 Å². The fourth-order valence-corrected chi connectivity index (χ4v) is 6.65.